The molecule has 20 heavy (non-hydrogen) atoms. The Kier molecular flexibility index (Phi) is 3.12. The first-order valence-corrected chi connectivity index (χ1v) is 6.13. The second-order valence-electron chi connectivity index (χ2n) is 5.25. The first kappa shape index (κ1) is 15.1. The third kappa shape index (κ3) is 1.99. The molecule has 1 aliphatic heterocycles. The van der Waals surface area contributed by atoms with Crippen molar-refractivity contribution < 1.29 is 22.4 Å². The van der Waals surface area contributed by atoms with Gasteiger partial charge in [0.1, 0.15) is 5.71 Å². The highest BCUT2D eigenvalue weighted by atomic mass is 32.1. The van der Waals surface area contributed by atoms with Gasteiger partial charge in [-0.15, -0.1) is 0 Å². The zero-order valence-electron chi connectivity index (χ0n) is 11.2. The molecule has 0 spiro atoms. The van der Waals surface area contributed by atoms with Gasteiger partial charge in [0.15, 0.2) is 11.3 Å². The second kappa shape index (κ2) is 4.12. The molecule has 1 aromatic heterocycles. The fraction of sp³-hybridized carbons (Fsp3) is 0.636. The van der Waals surface area contributed by atoms with Crippen molar-refractivity contribution in [2.75, 3.05) is 0 Å². The van der Waals surface area contributed by atoms with E-state index in [2.05, 4.69) is 22.9 Å². The summed E-state index contributed by atoms with van der Waals surface area (Å²) in [7, 11) is 1.09. The maximum atomic E-state index is 14.0. The zero-order chi connectivity index (χ0) is 15.5. The maximum Gasteiger partial charge on any atom is 0.435 e. The van der Waals surface area contributed by atoms with E-state index < -0.39 is 33.7 Å². The third-order valence-electron chi connectivity index (χ3n) is 3.48. The average Bonchev–Trinajstić information content (AvgIpc) is 2.66. The quantitative estimate of drug-likeness (QED) is 0.640. The molecule has 0 aromatic carbocycles. The highest BCUT2D eigenvalue weighted by Gasteiger charge is 2.54. The fourth-order valence-corrected chi connectivity index (χ4v) is 2.02. The van der Waals surface area contributed by atoms with Crippen molar-refractivity contribution >= 4 is 18.3 Å². The van der Waals surface area contributed by atoms with Crippen LogP contribution in [0.2, 0.25) is 0 Å². The van der Waals surface area contributed by atoms with Crippen LogP contribution in [-0.2, 0) is 18.1 Å². The number of nitrogens with zero attached hydrogens (tertiary/aromatic N) is 3. The van der Waals surface area contributed by atoms with E-state index in [4.69, 9.17) is 4.84 Å². The number of hydrogen-bond donors (Lipinski definition) is 1. The van der Waals surface area contributed by atoms with E-state index in [-0.39, 0.29) is 5.71 Å². The largest absolute Gasteiger partial charge is 0.435 e. The Morgan fingerprint density at radius 3 is 2.20 bits per heavy atom. The standard InChI is InChI=1S/C11H13F4N3OS/c1-9(2)10(3,20)6(17-19-9)5-7(11(13,14)15)16-18(4)8(5)12/h20H,1-4H3. The van der Waals surface area contributed by atoms with Gasteiger partial charge in [0.2, 0.25) is 5.95 Å². The molecule has 0 N–H and O–H groups in total. The van der Waals surface area contributed by atoms with Crippen molar-refractivity contribution in [2.24, 2.45) is 12.2 Å². The van der Waals surface area contributed by atoms with Crippen LogP contribution in [0.15, 0.2) is 5.16 Å². The minimum absolute atomic E-state index is 0.219. The molecule has 0 saturated carbocycles. The van der Waals surface area contributed by atoms with Crippen molar-refractivity contribution in [1.29, 1.82) is 0 Å². The fourth-order valence-electron chi connectivity index (χ4n) is 1.82. The van der Waals surface area contributed by atoms with Gasteiger partial charge < -0.3 is 4.84 Å². The van der Waals surface area contributed by atoms with Gasteiger partial charge in [0.05, 0.1) is 10.3 Å². The number of thiol groups is 1. The summed E-state index contributed by atoms with van der Waals surface area (Å²) in [5, 5.41) is 6.79. The molecule has 0 amide bonds. The number of aryl methyl sites for hydroxylation is 1. The van der Waals surface area contributed by atoms with Gasteiger partial charge in [-0.2, -0.15) is 35.3 Å². The number of oxime groups is 1. The Balaban J connectivity index is 2.67. The number of hydrogen-bond acceptors (Lipinski definition) is 4. The summed E-state index contributed by atoms with van der Waals surface area (Å²) < 4.78 is 52.3. The van der Waals surface area contributed by atoms with Crippen LogP contribution in [0.3, 0.4) is 0 Å². The number of halogens is 4. The Morgan fingerprint density at radius 2 is 1.80 bits per heavy atom. The van der Waals surface area contributed by atoms with E-state index in [1.807, 2.05) is 0 Å². The van der Waals surface area contributed by atoms with E-state index in [1.165, 1.54) is 6.92 Å². The molecule has 2 heterocycles. The SMILES string of the molecule is Cn1nc(C(F)(F)F)c(C2=NOC(C)(C)C2(C)S)c1F. The monoisotopic (exact) mass is 311 g/mol. The zero-order valence-corrected chi connectivity index (χ0v) is 12.1. The van der Waals surface area contributed by atoms with Gasteiger partial charge >= 0.3 is 6.18 Å². The molecule has 2 rings (SSSR count). The summed E-state index contributed by atoms with van der Waals surface area (Å²) in [6, 6.07) is 0. The van der Waals surface area contributed by atoms with E-state index in [9.17, 15) is 17.6 Å². The Bertz CT molecular complexity index is 589. The molecule has 1 aromatic rings. The molecular formula is C11H13F4N3OS. The molecule has 1 atom stereocenters. The summed E-state index contributed by atoms with van der Waals surface area (Å²) >= 11 is 4.31. The summed E-state index contributed by atoms with van der Waals surface area (Å²) in [5.74, 6) is -1.13. The minimum atomic E-state index is -4.80. The third-order valence-corrected chi connectivity index (χ3v) is 4.23. The Labute approximate surface area is 118 Å². The molecular weight excluding hydrogens is 298 g/mol. The van der Waals surface area contributed by atoms with Crippen LogP contribution in [-0.4, -0.2) is 25.8 Å². The van der Waals surface area contributed by atoms with Crippen LogP contribution in [0.5, 0.6) is 0 Å². The summed E-state index contributed by atoms with van der Waals surface area (Å²) in [5.41, 5.74) is -3.25. The molecule has 0 fully saturated rings. The van der Waals surface area contributed by atoms with Crippen LogP contribution in [0.25, 0.3) is 0 Å². The predicted octanol–water partition coefficient (Wildman–Crippen LogP) is 2.78. The topological polar surface area (TPSA) is 39.4 Å². The van der Waals surface area contributed by atoms with Crippen LogP contribution in [0.1, 0.15) is 32.0 Å². The Hall–Kier alpha value is -1.25. The van der Waals surface area contributed by atoms with Crippen molar-refractivity contribution in [2.45, 2.75) is 37.3 Å². The van der Waals surface area contributed by atoms with Crippen molar-refractivity contribution in [1.82, 2.24) is 9.78 Å². The molecule has 1 aliphatic rings. The number of alkyl halides is 3. The second-order valence-corrected chi connectivity index (χ2v) is 6.14. The minimum Gasteiger partial charge on any atom is -0.388 e. The molecule has 112 valence electrons. The molecule has 4 nitrogen and oxygen atoms in total. The van der Waals surface area contributed by atoms with E-state index in [0.717, 1.165) is 7.05 Å². The normalized spacial score (nSPS) is 25.6. The Morgan fingerprint density at radius 1 is 1.25 bits per heavy atom. The molecule has 0 aliphatic carbocycles. The highest BCUT2D eigenvalue weighted by Crippen LogP contribution is 2.43. The molecule has 9 heteroatoms. The van der Waals surface area contributed by atoms with Gasteiger partial charge in [0, 0.05) is 7.05 Å². The lowest BCUT2D eigenvalue weighted by Gasteiger charge is -2.31. The summed E-state index contributed by atoms with van der Waals surface area (Å²) in [6.07, 6.45) is -4.80. The van der Waals surface area contributed by atoms with Gasteiger partial charge in [0.25, 0.3) is 0 Å². The van der Waals surface area contributed by atoms with Crippen LogP contribution in [0, 0.1) is 5.95 Å². The number of rotatable bonds is 1. The van der Waals surface area contributed by atoms with Gasteiger partial charge in [-0.25, -0.2) is 4.68 Å². The van der Waals surface area contributed by atoms with Crippen LogP contribution >= 0.6 is 12.6 Å². The molecule has 1 unspecified atom stereocenters. The van der Waals surface area contributed by atoms with Gasteiger partial charge in [-0.1, -0.05) is 5.16 Å². The van der Waals surface area contributed by atoms with E-state index in [1.54, 1.807) is 13.8 Å². The maximum absolute atomic E-state index is 14.0. The van der Waals surface area contributed by atoms with Gasteiger partial charge in [-0.05, 0) is 20.8 Å². The van der Waals surface area contributed by atoms with Crippen molar-refractivity contribution in [3.05, 3.63) is 17.2 Å². The highest BCUT2D eigenvalue weighted by molar-refractivity contribution is 7.83. The smallest absolute Gasteiger partial charge is 0.388 e. The lowest BCUT2D eigenvalue weighted by atomic mass is 9.85. The molecule has 0 saturated heterocycles. The van der Waals surface area contributed by atoms with Crippen LogP contribution in [0.4, 0.5) is 17.6 Å². The van der Waals surface area contributed by atoms with Crippen LogP contribution < -0.4 is 0 Å². The molecule has 0 bridgehead atoms. The first-order valence-electron chi connectivity index (χ1n) is 5.68. The summed E-state index contributed by atoms with van der Waals surface area (Å²) in [4.78, 5) is 5.10. The predicted molar refractivity (Wildman–Crippen MR) is 67.3 cm³/mol. The van der Waals surface area contributed by atoms with E-state index in [0.29, 0.717) is 4.68 Å². The lowest BCUT2D eigenvalue weighted by Crippen LogP contribution is -2.46. The van der Waals surface area contributed by atoms with Crippen molar-refractivity contribution in [3.8, 4) is 0 Å². The van der Waals surface area contributed by atoms with Gasteiger partial charge in [-0.3, -0.25) is 0 Å². The molecule has 0 radical (unpaired) electrons. The average molecular weight is 311 g/mol. The van der Waals surface area contributed by atoms with Crippen molar-refractivity contribution in [3.63, 3.8) is 0 Å². The van der Waals surface area contributed by atoms with E-state index >= 15 is 0 Å². The lowest BCUT2D eigenvalue weighted by molar-refractivity contribution is -0.141. The summed E-state index contributed by atoms with van der Waals surface area (Å²) in [6.45, 7) is 4.74. The number of aromatic nitrogens is 2. The first-order chi connectivity index (χ1) is 8.89.